The number of aromatic amines is 1. The molecule has 3 N–H and O–H groups in total. The lowest BCUT2D eigenvalue weighted by atomic mass is 10.0. The Morgan fingerprint density at radius 2 is 1.74 bits per heavy atom. The summed E-state index contributed by atoms with van der Waals surface area (Å²) in [4.78, 5) is 30.8. The molecule has 34 heavy (non-hydrogen) atoms. The van der Waals surface area contributed by atoms with E-state index in [2.05, 4.69) is 20.6 Å². The van der Waals surface area contributed by atoms with E-state index < -0.39 is 11.6 Å². The lowest BCUT2D eigenvalue weighted by Gasteiger charge is -2.10. The summed E-state index contributed by atoms with van der Waals surface area (Å²) in [7, 11) is 0. The number of pyridine rings is 1. The number of fused-ring (bicyclic) bond motifs is 1. The first-order chi connectivity index (χ1) is 16.3. The Morgan fingerprint density at radius 1 is 0.971 bits per heavy atom. The Kier molecular flexibility index (Phi) is 6.88. The summed E-state index contributed by atoms with van der Waals surface area (Å²) in [6.45, 7) is 1.49. The first kappa shape index (κ1) is 23.4. The van der Waals surface area contributed by atoms with E-state index in [9.17, 15) is 18.4 Å². The van der Waals surface area contributed by atoms with Crippen molar-refractivity contribution in [3.63, 3.8) is 0 Å². The molecule has 0 bridgehead atoms. The lowest BCUT2D eigenvalue weighted by Crippen LogP contribution is -2.23. The van der Waals surface area contributed by atoms with E-state index in [1.165, 1.54) is 31.5 Å². The fraction of sp³-hybridized carbons (Fsp3) is 0.160. The topological polar surface area (TPSA) is 86.9 Å². The minimum atomic E-state index is -1.01. The number of nitrogens with one attached hydrogen (secondary N) is 3. The molecular formula is C25H21ClF2N4O2. The number of rotatable bonds is 7. The Hall–Kier alpha value is -3.78. The molecule has 0 atom stereocenters. The Bertz CT molecular complexity index is 1390. The van der Waals surface area contributed by atoms with Crippen molar-refractivity contribution in [2.24, 2.45) is 0 Å². The Morgan fingerprint density at radius 3 is 2.53 bits per heavy atom. The Labute approximate surface area is 199 Å². The predicted octanol–water partition coefficient (Wildman–Crippen LogP) is 4.65. The monoisotopic (exact) mass is 482 g/mol. The van der Waals surface area contributed by atoms with Gasteiger partial charge in [-0.15, -0.1) is 0 Å². The molecule has 4 rings (SSSR count). The average molecular weight is 483 g/mol. The van der Waals surface area contributed by atoms with Crippen molar-refractivity contribution in [3.8, 4) is 0 Å². The molecule has 174 valence electrons. The predicted molar refractivity (Wildman–Crippen MR) is 125 cm³/mol. The van der Waals surface area contributed by atoms with Gasteiger partial charge in [0.15, 0.2) is 11.6 Å². The van der Waals surface area contributed by atoms with Crippen LogP contribution < -0.4 is 10.6 Å². The van der Waals surface area contributed by atoms with Crippen LogP contribution in [0.25, 0.3) is 10.9 Å². The number of nitrogens with zero attached hydrogens (tertiary/aromatic N) is 1. The van der Waals surface area contributed by atoms with Crippen molar-refractivity contribution in [2.45, 2.75) is 26.4 Å². The standard InChI is InChI=1S/C25H21ClF2N4O2/c1-14(33)30-12-18-4-3-17(23(27)24(18)28)6-16-7-19(11-29-9-16)25(34)32-10-15-2-5-22-20(8-15)21(26)13-31-22/h2-5,7-9,11,13,31H,6,10,12H2,1H3,(H,30,33)(H,32,34). The summed E-state index contributed by atoms with van der Waals surface area (Å²) in [6.07, 6.45) is 4.68. The number of hydrogen-bond acceptors (Lipinski definition) is 3. The number of halogens is 3. The van der Waals surface area contributed by atoms with Gasteiger partial charge in [-0.2, -0.15) is 0 Å². The molecule has 0 radical (unpaired) electrons. The molecule has 2 amide bonds. The fourth-order valence-corrected chi connectivity index (χ4v) is 3.79. The van der Waals surface area contributed by atoms with Crippen LogP contribution in [0.2, 0.25) is 5.02 Å². The molecule has 0 unspecified atom stereocenters. The molecule has 0 aliphatic rings. The second-order valence-electron chi connectivity index (χ2n) is 7.88. The van der Waals surface area contributed by atoms with E-state index in [0.717, 1.165) is 16.5 Å². The van der Waals surface area contributed by atoms with Crippen LogP contribution in [0.3, 0.4) is 0 Å². The van der Waals surface area contributed by atoms with Gasteiger partial charge in [0, 0.05) is 61.5 Å². The molecule has 2 heterocycles. The van der Waals surface area contributed by atoms with E-state index >= 15 is 0 Å². The van der Waals surface area contributed by atoms with E-state index in [-0.39, 0.29) is 42.5 Å². The number of carbonyl (C=O) groups excluding carboxylic acids is 2. The van der Waals surface area contributed by atoms with Crippen molar-refractivity contribution in [3.05, 3.63) is 99.5 Å². The summed E-state index contributed by atoms with van der Waals surface area (Å²) in [5.74, 6) is -2.67. The van der Waals surface area contributed by atoms with Crippen LogP contribution in [0.1, 0.15) is 39.5 Å². The third kappa shape index (κ3) is 5.23. The summed E-state index contributed by atoms with van der Waals surface area (Å²) >= 11 is 6.15. The highest BCUT2D eigenvalue weighted by atomic mass is 35.5. The molecule has 0 aliphatic heterocycles. The number of benzene rings is 2. The van der Waals surface area contributed by atoms with Crippen LogP contribution in [0.5, 0.6) is 0 Å². The zero-order valence-corrected chi connectivity index (χ0v) is 19.0. The van der Waals surface area contributed by atoms with Gasteiger partial charge in [0.2, 0.25) is 5.91 Å². The molecule has 4 aromatic rings. The number of H-pyrrole nitrogens is 1. The smallest absolute Gasteiger partial charge is 0.253 e. The zero-order valence-electron chi connectivity index (χ0n) is 18.2. The number of hydrogen-bond donors (Lipinski definition) is 3. The van der Waals surface area contributed by atoms with Crippen LogP contribution in [-0.2, 0) is 24.3 Å². The van der Waals surface area contributed by atoms with Crippen molar-refractivity contribution in [1.82, 2.24) is 20.6 Å². The third-order valence-electron chi connectivity index (χ3n) is 5.37. The molecule has 0 fully saturated rings. The van der Waals surface area contributed by atoms with Gasteiger partial charge < -0.3 is 15.6 Å². The van der Waals surface area contributed by atoms with Gasteiger partial charge in [-0.1, -0.05) is 29.8 Å². The SMILES string of the molecule is CC(=O)NCc1ccc(Cc2cncc(C(=O)NCc3ccc4[nH]cc(Cl)c4c3)c2)c(F)c1F. The molecule has 9 heteroatoms. The molecule has 0 aliphatic carbocycles. The quantitative estimate of drug-likeness (QED) is 0.358. The summed E-state index contributed by atoms with van der Waals surface area (Å²) in [5, 5.41) is 6.75. The van der Waals surface area contributed by atoms with E-state index in [1.54, 1.807) is 12.3 Å². The lowest BCUT2D eigenvalue weighted by molar-refractivity contribution is -0.119. The molecule has 2 aromatic heterocycles. The first-order valence-electron chi connectivity index (χ1n) is 10.5. The van der Waals surface area contributed by atoms with Crippen molar-refractivity contribution in [1.29, 1.82) is 0 Å². The Balaban J connectivity index is 1.44. The van der Waals surface area contributed by atoms with Crippen LogP contribution >= 0.6 is 11.6 Å². The highest BCUT2D eigenvalue weighted by molar-refractivity contribution is 6.35. The van der Waals surface area contributed by atoms with Crippen LogP contribution in [-0.4, -0.2) is 21.8 Å². The molecule has 0 saturated heterocycles. The van der Waals surface area contributed by atoms with Gasteiger partial charge in [-0.25, -0.2) is 8.78 Å². The molecule has 2 aromatic carbocycles. The van der Waals surface area contributed by atoms with E-state index in [4.69, 9.17) is 11.6 Å². The first-order valence-corrected chi connectivity index (χ1v) is 10.9. The second-order valence-corrected chi connectivity index (χ2v) is 8.29. The number of aromatic nitrogens is 2. The van der Waals surface area contributed by atoms with Crippen molar-refractivity contribution in [2.75, 3.05) is 0 Å². The maximum atomic E-state index is 14.6. The summed E-state index contributed by atoms with van der Waals surface area (Å²) in [6, 6.07) is 10.2. The van der Waals surface area contributed by atoms with Gasteiger partial charge in [0.1, 0.15) is 0 Å². The van der Waals surface area contributed by atoms with Crippen LogP contribution in [0.4, 0.5) is 8.78 Å². The second kappa shape index (κ2) is 10.0. The largest absolute Gasteiger partial charge is 0.360 e. The van der Waals surface area contributed by atoms with Gasteiger partial charge in [-0.05, 0) is 34.9 Å². The van der Waals surface area contributed by atoms with Gasteiger partial charge in [0.25, 0.3) is 5.91 Å². The maximum Gasteiger partial charge on any atom is 0.253 e. The maximum absolute atomic E-state index is 14.6. The molecule has 0 spiro atoms. The van der Waals surface area contributed by atoms with E-state index in [0.29, 0.717) is 16.1 Å². The highest BCUT2D eigenvalue weighted by Crippen LogP contribution is 2.24. The average Bonchev–Trinajstić information content (AvgIpc) is 3.20. The zero-order chi connectivity index (χ0) is 24.2. The fourth-order valence-electron chi connectivity index (χ4n) is 3.58. The van der Waals surface area contributed by atoms with Crippen LogP contribution in [0, 0.1) is 11.6 Å². The summed E-state index contributed by atoms with van der Waals surface area (Å²) in [5.41, 5.74) is 2.83. The molecule has 0 saturated carbocycles. The van der Waals surface area contributed by atoms with Gasteiger partial charge in [-0.3, -0.25) is 14.6 Å². The van der Waals surface area contributed by atoms with Gasteiger partial charge >= 0.3 is 0 Å². The number of carbonyl (C=O) groups is 2. The van der Waals surface area contributed by atoms with E-state index in [1.807, 2.05) is 18.2 Å². The summed E-state index contributed by atoms with van der Waals surface area (Å²) < 4.78 is 28.9. The number of amides is 2. The minimum absolute atomic E-state index is 0.0555. The molecule has 6 nitrogen and oxygen atoms in total. The van der Waals surface area contributed by atoms with Crippen LogP contribution in [0.15, 0.2) is 55.0 Å². The molecular weight excluding hydrogens is 462 g/mol. The normalized spacial score (nSPS) is 10.9. The van der Waals surface area contributed by atoms with Crippen molar-refractivity contribution < 1.29 is 18.4 Å². The third-order valence-corrected chi connectivity index (χ3v) is 5.68. The van der Waals surface area contributed by atoms with Crippen molar-refractivity contribution >= 4 is 34.3 Å². The minimum Gasteiger partial charge on any atom is -0.360 e. The highest BCUT2D eigenvalue weighted by Gasteiger charge is 2.15. The van der Waals surface area contributed by atoms with Gasteiger partial charge in [0.05, 0.1) is 10.6 Å².